The van der Waals surface area contributed by atoms with Crippen LogP contribution in [0.4, 0.5) is 0 Å². The summed E-state index contributed by atoms with van der Waals surface area (Å²) < 4.78 is 0. The molecular formula is C27H39NO4. The molecule has 32 heavy (non-hydrogen) atoms. The van der Waals surface area contributed by atoms with E-state index in [1.54, 1.807) is 0 Å². The van der Waals surface area contributed by atoms with Gasteiger partial charge in [-0.25, -0.2) is 5.48 Å². The number of Topliss-reactive ketones (excluding diaryl/α,β-unsaturated/α-hetero) is 1. The summed E-state index contributed by atoms with van der Waals surface area (Å²) in [5.41, 5.74) is 3.11. The minimum Gasteiger partial charge on any atom is -0.299 e. The predicted molar refractivity (Wildman–Crippen MR) is 121 cm³/mol. The predicted octanol–water partition coefficient (Wildman–Crippen LogP) is 4.87. The van der Waals surface area contributed by atoms with E-state index in [-0.39, 0.29) is 51.6 Å². The number of allylic oxidation sites excluding steroid dienone is 2. The Balaban J connectivity index is 1.54. The summed E-state index contributed by atoms with van der Waals surface area (Å²) in [6.45, 7) is 9.09. The average Bonchev–Trinajstić information content (AvgIpc) is 2.75. The molecule has 2 N–H and O–H groups in total. The lowest BCUT2D eigenvalue weighted by molar-refractivity contribution is -0.165. The summed E-state index contributed by atoms with van der Waals surface area (Å²) in [5, 5.41) is 9.20. The monoisotopic (exact) mass is 441 g/mol. The molecule has 4 fully saturated rings. The molecule has 0 aromatic heterocycles. The van der Waals surface area contributed by atoms with Crippen molar-refractivity contribution in [3.8, 4) is 0 Å². The largest absolute Gasteiger partial charge is 0.299 e. The van der Waals surface area contributed by atoms with Crippen LogP contribution in [0.5, 0.6) is 0 Å². The van der Waals surface area contributed by atoms with Crippen LogP contribution in [0.15, 0.2) is 11.6 Å². The van der Waals surface area contributed by atoms with Crippen molar-refractivity contribution in [3.05, 3.63) is 11.6 Å². The Kier molecular flexibility index (Phi) is 5.06. The highest BCUT2D eigenvalue weighted by Crippen LogP contribution is 2.69. The molecule has 1 amide bonds. The second-order valence-electron chi connectivity index (χ2n) is 12.6. The van der Waals surface area contributed by atoms with Gasteiger partial charge in [-0.1, -0.05) is 33.3 Å². The lowest BCUT2D eigenvalue weighted by Crippen LogP contribution is -2.61. The highest BCUT2D eigenvalue weighted by Gasteiger charge is 2.64. The summed E-state index contributed by atoms with van der Waals surface area (Å²) in [6, 6.07) is 0. The highest BCUT2D eigenvalue weighted by atomic mass is 16.5. The van der Waals surface area contributed by atoms with Crippen LogP contribution >= 0.6 is 0 Å². The molecule has 4 saturated carbocycles. The topological polar surface area (TPSA) is 83.5 Å². The fourth-order valence-electron chi connectivity index (χ4n) is 9.50. The van der Waals surface area contributed by atoms with Crippen molar-refractivity contribution < 1.29 is 19.6 Å². The summed E-state index contributed by atoms with van der Waals surface area (Å²) >= 11 is 0. The maximum absolute atomic E-state index is 13.9. The Morgan fingerprint density at radius 2 is 1.72 bits per heavy atom. The zero-order valence-electron chi connectivity index (χ0n) is 20.1. The van der Waals surface area contributed by atoms with Gasteiger partial charge in [-0.2, -0.15) is 0 Å². The van der Waals surface area contributed by atoms with Gasteiger partial charge in [-0.05, 0) is 91.4 Å². The minimum absolute atomic E-state index is 0.0115. The number of carbonyl (C=O) groups excluding carboxylic acids is 3. The van der Waals surface area contributed by atoms with Crippen LogP contribution < -0.4 is 5.48 Å². The number of rotatable bonds is 1. The maximum atomic E-state index is 13.9. The third kappa shape index (κ3) is 2.88. The van der Waals surface area contributed by atoms with Gasteiger partial charge in [-0.3, -0.25) is 19.6 Å². The van der Waals surface area contributed by atoms with Crippen LogP contribution in [0.1, 0.15) is 85.5 Å². The molecule has 0 spiro atoms. The van der Waals surface area contributed by atoms with Gasteiger partial charge in [0.1, 0.15) is 5.78 Å². The first-order valence-electron chi connectivity index (χ1n) is 12.8. The first-order chi connectivity index (χ1) is 15.0. The molecule has 0 saturated heterocycles. The Morgan fingerprint density at radius 1 is 1.00 bits per heavy atom. The summed E-state index contributed by atoms with van der Waals surface area (Å²) in [7, 11) is 0. The molecule has 5 aliphatic carbocycles. The van der Waals surface area contributed by atoms with Crippen molar-refractivity contribution >= 4 is 17.5 Å². The van der Waals surface area contributed by atoms with Gasteiger partial charge in [0.05, 0.1) is 0 Å². The molecule has 9 atom stereocenters. The number of hydrogen-bond acceptors (Lipinski definition) is 4. The van der Waals surface area contributed by atoms with Crippen molar-refractivity contribution in [2.75, 3.05) is 0 Å². The number of fused-ring (bicyclic) bond motifs is 7. The number of ketones is 2. The molecule has 0 heterocycles. The number of hydroxylamine groups is 1. The Labute approximate surface area is 191 Å². The van der Waals surface area contributed by atoms with E-state index in [4.69, 9.17) is 0 Å². The van der Waals surface area contributed by atoms with E-state index in [0.717, 1.165) is 51.4 Å². The van der Waals surface area contributed by atoms with Crippen LogP contribution in [0, 0.1) is 51.8 Å². The van der Waals surface area contributed by atoms with Gasteiger partial charge in [-0.15, -0.1) is 0 Å². The minimum atomic E-state index is -0.283. The number of amides is 1. The SMILES string of the molecule is CC1C(=O)CCC2(C)C1CCC1(C)C3CCC4(C)CCC(C(=O)NO)CC4C3=CC(=O)C12. The van der Waals surface area contributed by atoms with Gasteiger partial charge in [0.2, 0.25) is 5.91 Å². The quantitative estimate of drug-likeness (QED) is 0.449. The number of nitrogens with one attached hydrogen (secondary N) is 1. The molecule has 176 valence electrons. The van der Waals surface area contributed by atoms with E-state index in [0.29, 0.717) is 24.0 Å². The zero-order valence-corrected chi connectivity index (χ0v) is 20.1. The normalized spacial score (nSPS) is 50.3. The van der Waals surface area contributed by atoms with Crippen LogP contribution in [0.2, 0.25) is 0 Å². The lowest BCUT2D eigenvalue weighted by Gasteiger charge is -2.64. The number of hydrogen-bond donors (Lipinski definition) is 2. The molecule has 5 nitrogen and oxygen atoms in total. The van der Waals surface area contributed by atoms with Crippen molar-refractivity contribution in [1.29, 1.82) is 0 Å². The average molecular weight is 442 g/mol. The molecule has 5 rings (SSSR count). The Bertz CT molecular complexity index is 894. The lowest BCUT2D eigenvalue weighted by atomic mass is 9.38. The first kappa shape index (κ1) is 22.3. The molecule has 0 aliphatic heterocycles. The Hall–Kier alpha value is -1.49. The van der Waals surface area contributed by atoms with Crippen LogP contribution in [-0.4, -0.2) is 22.7 Å². The molecule has 9 unspecified atom stereocenters. The van der Waals surface area contributed by atoms with Gasteiger partial charge in [0, 0.05) is 24.2 Å². The van der Waals surface area contributed by atoms with Crippen LogP contribution in [-0.2, 0) is 14.4 Å². The Morgan fingerprint density at radius 3 is 2.44 bits per heavy atom. The van der Waals surface area contributed by atoms with E-state index in [1.807, 2.05) is 11.6 Å². The summed E-state index contributed by atoms with van der Waals surface area (Å²) in [4.78, 5) is 38.6. The molecule has 0 aromatic carbocycles. The molecular weight excluding hydrogens is 402 g/mol. The molecule has 0 bridgehead atoms. The van der Waals surface area contributed by atoms with Crippen molar-refractivity contribution in [2.45, 2.75) is 85.5 Å². The maximum Gasteiger partial charge on any atom is 0.246 e. The van der Waals surface area contributed by atoms with Crippen molar-refractivity contribution in [2.24, 2.45) is 51.8 Å². The molecule has 0 aromatic rings. The van der Waals surface area contributed by atoms with Gasteiger partial charge in [0.25, 0.3) is 0 Å². The van der Waals surface area contributed by atoms with Gasteiger partial charge >= 0.3 is 0 Å². The highest BCUT2D eigenvalue weighted by molar-refractivity contribution is 5.95. The number of carbonyl (C=O) groups is 3. The van der Waals surface area contributed by atoms with Crippen molar-refractivity contribution in [1.82, 2.24) is 5.48 Å². The zero-order chi connectivity index (χ0) is 23.1. The molecule has 5 aliphatic rings. The van der Waals surface area contributed by atoms with E-state index >= 15 is 0 Å². The second kappa shape index (κ2) is 7.25. The van der Waals surface area contributed by atoms with E-state index in [2.05, 4.69) is 27.7 Å². The molecule has 5 heteroatoms. The van der Waals surface area contributed by atoms with E-state index < -0.39 is 0 Å². The van der Waals surface area contributed by atoms with Crippen LogP contribution in [0.25, 0.3) is 0 Å². The van der Waals surface area contributed by atoms with Crippen LogP contribution in [0.3, 0.4) is 0 Å². The first-order valence-corrected chi connectivity index (χ1v) is 12.8. The van der Waals surface area contributed by atoms with Gasteiger partial charge < -0.3 is 0 Å². The standard InChI is InChI=1S/C27H39NO4/c1-15-18-7-11-27(4)19-6-10-25(2)9-5-16(24(31)28-32)13-20(25)17(19)14-22(30)23(27)26(18,3)12-8-21(15)29/h14-16,18-20,23,32H,5-13H2,1-4H3,(H,28,31). The van der Waals surface area contributed by atoms with Gasteiger partial charge in [0.15, 0.2) is 5.78 Å². The summed E-state index contributed by atoms with van der Waals surface area (Å²) in [5.74, 6) is 1.14. The molecule has 0 radical (unpaired) electrons. The van der Waals surface area contributed by atoms with E-state index in [1.165, 1.54) is 5.57 Å². The summed E-state index contributed by atoms with van der Waals surface area (Å²) in [6.07, 6.45) is 10.2. The van der Waals surface area contributed by atoms with E-state index in [9.17, 15) is 19.6 Å². The third-order valence-corrected chi connectivity index (χ3v) is 11.3. The fraction of sp³-hybridized carbons (Fsp3) is 0.815. The smallest absolute Gasteiger partial charge is 0.246 e. The second-order valence-corrected chi connectivity index (χ2v) is 12.6. The fourth-order valence-corrected chi connectivity index (χ4v) is 9.50. The third-order valence-electron chi connectivity index (χ3n) is 11.3. The van der Waals surface area contributed by atoms with Crippen molar-refractivity contribution in [3.63, 3.8) is 0 Å².